The van der Waals surface area contributed by atoms with E-state index in [0.29, 0.717) is 0 Å². The van der Waals surface area contributed by atoms with Crippen LogP contribution in [0.2, 0.25) is 0 Å². The van der Waals surface area contributed by atoms with Gasteiger partial charge in [-0.3, -0.25) is 0 Å². The lowest BCUT2D eigenvalue weighted by Gasteiger charge is -2.16. The van der Waals surface area contributed by atoms with Crippen molar-refractivity contribution in [3.05, 3.63) is 25.3 Å². The summed E-state index contributed by atoms with van der Waals surface area (Å²) in [5.41, 5.74) is 0.0589. The maximum Gasteiger partial charge on any atom is 0.0329 e. The zero-order valence-corrected chi connectivity index (χ0v) is 11.0. The van der Waals surface area contributed by atoms with E-state index < -0.39 is 0 Å². The molecule has 0 saturated carbocycles. The van der Waals surface area contributed by atoms with Crippen LogP contribution < -0.4 is 0 Å². The van der Waals surface area contributed by atoms with E-state index in [-0.39, 0.29) is 10.8 Å². The molecule has 2 nitrogen and oxygen atoms in total. The zero-order chi connectivity index (χ0) is 12.7. The first-order valence-electron chi connectivity index (χ1n) is 5.63. The van der Waals surface area contributed by atoms with Crippen molar-refractivity contribution in [3.8, 4) is 0 Å². The highest BCUT2D eigenvalue weighted by molar-refractivity contribution is 5.68. The van der Waals surface area contributed by atoms with Gasteiger partial charge in [0.05, 0.1) is 0 Å². The van der Waals surface area contributed by atoms with Crippen molar-refractivity contribution in [3.63, 3.8) is 0 Å². The Labute approximate surface area is 99.9 Å². The first-order chi connectivity index (χ1) is 7.33. The van der Waals surface area contributed by atoms with Gasteiger partial charge in [0, 0.05) is 23.3 Å². The summed E-state index contributed by atoms with van der Waals surface area (Å²) in [6.07, 6.45) is 9.35. The average Bonchev–Trinajstić information content (AvgIpc) is 2.12. The van der Waals surface area contributed by atoms with E-state index in [1.54, 1.807) is 0 Å². The largest absolute Gasteiger partial charge is 0.163 e. The second kappa shape index (κ2) is 6.41. The Kier molecular flexibility index (Phi) is 5.94. The highest BCUT2D eigenvalue weighted by Gasteiger charge is 2.13. The Hall–Kier alpha value is -1.18. The molecule has 0 unspecified atom stereocenters. The van der Waals surface area contributed by atoms with Crippen LogP contribution in [0.5, 0.6) is 0 Å². The van der Waals surface area contributed by atoms with E-state index in [0.717, 1.165) is 12.8 Å². The lowest BCUT2D eigenvalue weighted by Crippen LogP contribution is -2.12. The summed E-state index contributed by atoms with van der Waals surface area (Å²) < 4.78 is 0. The minimum Gasteiger partial charge on any atom is -0.163 e. The molecule has 0 amide bonds. The molecular formula is C14H24N2. The molecule has 16 heavy (non-hydrogen) atoms. The molecule has 0 aliphatic heterocycles. The van der Waals surface area contributed by atoms with Crippen molar-refractivity contribution in [1.29, 1.82) is 0 Å². The SMILES string of the molecule is C=CCC(C)(C)C=N/N=C/C(C)(C)CC=C. The van der Waals surface area contributed by atoms with Crippen molar-refractivity contribution in [2.75, 3.05) is 0 Å². The second-order valence-electron chi connectivity index (χ2n) is 5.45. The van der Waals surface area contributed by atoms with E-state index in [4.69, 9.17) is 0 Å². The number of nitrogens with zero attached hydrogens (tertiary/aromatic N) is 2. The number of rotatable bonds is 7. The molecule has 0 N–H and O–H groups in total. The molecule has 0 atom stereocenters. The molecule has 90 valence electrons. The first-order valence-corrected chi connectivity index (χ1v) is 5.63. The van der Waals surface area contributed by atoms with Gasteiger partial charge in [-0.25, -0.2) is 0 Å². The van der Waals surface area contributed by atoms with Crippen LogP contribution in [0, 0.1) is 10.8 Å². The summed E-state index contributed by atoms with van der Waals surface area (Å²) in [5.74, 6) is 0. The molecule has 0 aromatic rings. The van der Waals surface area contributed by atoms with Crippen LogP contribution in [0.1, 0.15) is 40.5 Å². The van der Waals surface area contributed by atoms with Crippen LogP contribution in [-0.4, -0.2) is 12.4 Å². The van der Waals surface area contributed by atoms with E-state index in [1.165, 1.54) is 0 Å². The highest BCUT2D eigenvalue weighted by atomic mass is 15.2. The molecule has 0 rings (SSSR count). The van der Waals surface area contributed by atoms with Gasteiger partial charge in [-0.15, -0.1) is 13.2 Å². The molecule has 0 saturated heterocycles. The molecule has 0 fully saturated rings. The van der Waals surface area contributed by atoms with Gasteiger partial charge >= 0.3 is 0 Å². The lowest BCUT2D eigenvalue weighted by molar-refractivity contribution is 0.539. The molecule has 0 aliphatic carbocycles. The van der Waals surface area contributed by atoms with Gasteiger partial charge in [0.2, 0.25) is 0 Å². The molecule has 0 radical (unpaired) electrons. The Balaban J connectivity index is 4.32. The second-order valence-corrected chi connectivity index (χ2v) is 5.45. The Morgan fingerprint density at radius 3 is 1.38 bits per heavy atom. The van der Waals surface area contributed by atoms with Crippen LogP contribution >= 0.6 is 0 Å². The van der Waals surface area contributed by atoms with Crippen LogP contribution in [0.15, 0.2) is 35.5 Å². The van der Waals surface area contributed by atoms with Gasteiger partial charge < -0.3 is 0 Å². The molecule has 0 aromatic carbocycles. The summed E-state index contributed by atoms with van der Waals surface area (Å²) in [6.45, 7) is 15.9. The molecule has 2 heteroatoms. The van der Waals surface area contributed by atoms with Crippen LogP contribution in [-0.2, 0) is 0 Å². The Bertz CT molecular complexity index is 253. The van der Waals surface area contributed by atoms with Gasteiger partial charge in [0.25, 0.3) is 0 Å². The van der Waals surface area contributed by atoms with E-state index in [1.807, 2.05) is 24.6 Å². The van der Waals surface area contributed by atoms with E-state index in [2.05, 4.69) is 51.1 Å². The van der Waals surface area contributed by atoms with Crippen LogP contribution in [0.4, 0.5) is 0 Å². The van der Waals surface area contributed by atoms with Crippen molar-refractivity contribution >= 4 is 12.4 Å². The predicted molar refractivity (Wildman–Crippen MR) is 74.2 cm³/mol. The third-order valence-electron chi connectivity index (χ3n) is 2.22. The summed E-state index contributed by atoms with van der Waals surface area (Å²) in [6, 6.07) is 0. The third kappa shape index (κ3) is 7.16. The van der Waals surface area contributed by atoms with Crippen LogP contribution in [0.3, 0.4) is 0 Å². The Morgan fingerprint density at radius 2 is 1.12 bits per heavy atom. The highest BCUT2D eigenvalue weighted by Crippen LogP contribution is 2.19. The van der Waals surface area contributed by atoms with Crippen molar-refractivity contribution in [2.24, 2.45) is 21.0 Å². The van der Waals surface area contributed by atoms with Gasteiger partial charge in [0.15, 0.2) is 0 Å². The summed E-state index contributed by atoms with van der Waals surface area (Å²) in [7, 11) is 0. The normalized spacial score (nSPS) is 13.5. The van der Waals surface area contributed by atoms with Gasteiger partial charge in [-0.1, -0.05) is 39.8 Å². The fraction of sp³-hybridized carbons (Fsp3) is 0.571. The summed E-state index contributed by atoms with van der Waals surface area (Å²) >= 11 is 0. The smallest absolute Gasteiger partial charge is 0.0329 e. The van der Waals surface area contributed by atoms with E-state index in [9.17, 15) is 0 Å². The van der Waals surface area contributed by atoms with Crippen molar-refractivity contribution in [2.45, 2.75) is 40.5 Å². The third-order valence-corrected chi connectivity index (χ3v) is 2.22. The van der Waals surface area contributed by atoms with Crippen molar-refractivity contribution < 1.29 is 0 Å². The molecule has 0 spiro atoms. The Morgan fingerprint density at radius 1 is 0.812 bits per heavy atom. The number of allylic oxidation sites excluding steroid dienone is 2. The quantitative estimate of drug-likeness (QED) is 0.348. The van der Waals surface area contributed by atoms with Crippen LogP contribution in [0.25, 0.3) is 0 Å². The molecule has 0 aromatic heterocycles. The molecule has 0 heterocycles. The van der Waals surface area contributed by atoms with Gasteiger partial charge in [-0.05, 0) is 12.8 Å². The fourth-order valence-electron chi connectivity index (χ4n) is 1.23. The zero-order valence-electron chi connectivity index (χ0n) is 11.0. The van der Waals surface area contributed by atoms with Crippen molar-refractivity contribution in [1.82, 2.24) is 0 Å². The number of hydrogen-bond donors (Lipinski definition) is 0. The molecule has 0 aliphatic rings. The van der Waals surface area contributed by atoms with Gasteiger partial charge in [0.1, 0.15) is 0 Å². The standard InChI is InChI=1S/C14H24N2/c1-7-9-13(3,4)11-15-16-12-14(5,6)10-8-2/h7-8,11-12H,1-2,9-10H2,3-6H3/b15-11+,16-12?. The minimum absolute atomic E-state index is 0.0294. The number of hydrogen-bond acceptors (Lipinski definition) is 2. The predicted octanol–water partition coefficient (Wildman–Crippen LogP) is 4.25. The minimum atomic E-state index is 0.0294. The summed E-state index contributed by atoms with van der Waals surface area (Å²) in [5, 5.41) is 8.18. The maximum atomic E-state index is 4.09. The van der Waals surface area contributed by atoms with E-state index >= 15 is 0 Å². The maximum absolute atomic E-state index is 4.09. The summed E-state index contributed by atoms with van der Waals surface area (Å²) in [4.78, 5) is 0. The first kappa shape index (κ1) is 14.8. The fourth-order valence-corrected chi connectivity index (χ4v) is 1.23. The topological polar surface area (TPSA) is 24.7 Å². The average molecular weight is 220 g/mol. The monoisotopic (exact) mass is 220 g/mol. The molecular weight excluding hydrogens is 196 g/mol. The lowest BCUT2D eigenvalue weighted by atomic mass is 9.91. The van der Waals surface area contributed by atoms with Gasteiger partial charge in [-0.2, -0.15) is 10.2 Å². The molecule has 0 bridgehead atoms.